The van der Waals surface area contributed by atoms with Crippen LogP contribution in [0.4, 0.5) is 5.69 Å². The molecule has 1 aromatic heterocycles. The van der Waals surface area contributed by atoms with Crippen LogP contribution in [0.2, 0.25) is 0 Å². The number of fused-ring (bicyclic) bond motifs is 1. The van der Waals surface area contributed by atoms with Crippen molar-refractivity contribution in [2.24, 2.45) is 0 Å². The second-order valence-corrected chi connectivity index (χ2v) is 8.40. The summed E-state index contributed by atoms with van der Waals surface area (Å²) in [6.07, 6.45) is 1.74. The molecule has 0 aliphatic rings. The summed E-state index contributed by atoms with van der Waals surface area (Å²) in [5, 5.41) is 12.3. The van der Waals surface area contributed by atoms with Crippen LogP contribution in [-0.4, -0.2) is 43.5 Å². The van der Waals surface area contributed by atoms with Gasteiger partial charge in [-0.05, 0) is 35.9 Å². The van der Waals surface area contributed by atoms with E-state index in [-0.39, 0.29) is 5.91 Å². The molecule has 7 nitrogen and oxygen atoms in total. The van der Waals surface area contributed by atoms with Crippen molar-refractivity contribution in [3.8, 4) is 11.5 Å². The average Bonchev–Trinajstić information content (AvgIpc) is 2.88. The number of amides is 1. The molecular weight excluding hydrogens is 450 g/mol. The van der Waals surface area contributed by atoms with E-state index in [1.54, 1.807) is 32.2 Å². The Labute approximate surface area is 202 Å². The molecule has 8 heteroatoms. The number of hydrogen-bond donors (Lipinski definition) is 1. The van der Waals surface area contributed by atoms with Crippen molar-refractivity contribution in [2.75, 3.05) is 32.8 Å². The lowest BCUT2D eigenvalue weighted by molar-refractivity contribution is 0.102. The molecule has 1 N–H and O–H groups in total. The quantitative estimate of drug-likeness (QED) is 0.249. The van der Waals surface area contributed by atoms with E-state index >= 15 is 0 Å². The number of thioether (sulfide) groups is 1. The van der Waals surface area contributed by atoms with Crippen molar-refractivity contribution < 1.29 is 19.0 Å². The molecule has 1 heterocycles. The molecule has 1 amide bonds. The Morgan fingerprint density at radius 3 is 2.62 bits per heavy atom. The van der Waals surface area contributed by atoms with E-state index in [4.69, 9.17) is 14.2 Å². The number of benzene rings is 3. The van der Waals surface area contributed by atoms with Gasteiger partial charge >= 0.3 is 0 Å². The number of rotatable bonds is 10. The van der Waals surface area contributed by atoms with Gasteiger partial charge in [0.2, 0.25) is 0 Å². The van der Waals surface area contributed by atoms with Crippen molar-refractivity contribution in [1.82, 2.24) is 10.2 Å². The maximum absolute atomic E-state index is 12.6. The molecule has 0 saturated heterocycles. The van der Waals surface area contributed by atoms with Crippen molar-refractivity contribution in [3.05, 3.63) is 84.1 Å². The summed E-state index contributed by atoms with van der Waals surface area (Å²) < 4.78 is 16.3. The molecule has 0 bridgehead atoms. The topological polar surface area (TPSA) is 82.6 Å². The SMILES string of the molecule is COCCOc1cc2nncc(SCc3cccc(C(=O)Nc4ccccc4)c3)c2cc1OC. The molecule has 174 valence electrons. The lowest BCUT2D eigenvalue weighted by Crippen LogP contribution is -2.11. The minimum atomic E-state index is -0.139. The summed E-state index contributed by atoms with van der Waals surface area (Å²) in [5.74, 6) is 1.75. The van der Waals surface area contributed by atoms with E-state index in [9.17, 15) is 4.79 Å². The van der Waals surface area contributed by atoms with Gasteiger partial charge in [-0.3, -0.25) is 4.79 Å². The summed E-state index contributed by atoms with van der Waals surface area (Å²) in [6.45, 7) is 0.889. The lowest BCUT2D eigenvalue weighted by Gasteiger charge is -2.13. The highest BCUT2D eigenvalue weighted by Gasteiger charge is 2.13. The molecule has 0 unspecified atom stereocenters. The third-order valence-electron chi connectivity index (χ3n) is 5.05. The number of para-hydroxylation sites is 1. The normalized spacial score (nSPS) is 10.8. The zero-order valence-electron chi connectivity index (χ0n) is 19.0. The van der Waals surface area contributed by atoms with Crippen LogP contribution in [0.1, 0.15) is 15.9 Å². The Kier molecular flexibility index (Phi) is 7.95. The summed E-state index contributed by atoms with van der Waals surface area (Å²) in [5.41, 5.74) is 3.12. The summed E-state index contributed by atoms with van der Waals surface area (Å²) >= 11 is 1.62. The molecule has 0 saturated carbocycles. The Morgan fingerprint density at radius 2 is 1.82 bits per heavy atom. The van der Waals surface area contributed by atoms with Crippen LogP contribution >= 0.6 is 11.8 Å². The number of nitrogens with one attached hydrogen (secondary N) is 1. The maximum Gasteiger partial charge on any atom is 0.255 e. The van der Waals surface area contributed by atoms with Crippen molar-refractivity contribution >= 4 is 34.3 Å². The molecule has 0 spiro atoms. The Hall–Kier alpha value is -3.62. The van der Waals surface area contributed by atoms with Gasteiger partial charge in [0.05, 0.1) is 25.4 Å². The lowest BCUT2D eigenvalue weighted by atomic mass is 10.1. The molecule has 0 radical (unpaired) electrons. The molecule has 0 aliphatic carbocycles. The third kappa shape index (κ3) is 5.84. The second-order valence-electron chi connectivity index (χ2n) is 7.38. The fraction of sp³-hybridized carbons (Fsp3) is 0.192. The molecule has 0 fully saturated rings. The molecular formula is C26H25N3O4S. The summed E-state index contributed by atoms with van der Waals surface area (Å²) in [7, 11) is 3.24. The summed E-state index contributed by atoms with van der Waals surface area (Å²) in [4.78, 5) is 13.6. The second kappa shape index (κ2) is 11.5. The van der Waals surface area contributed by atoms with E-state index in [1.807, 2.05) is 66.7 Å². The Balaban J connectivity index is 1.50. The molecule has 3 aromatic carbocycles. The van der Waals surface area contributed by atoms with Crippen LogP contribution in [0.15, 0.2) is 77.8 Å². The van der Waals surface area contributed by atoms with Crippen LogP contribution in [0.25, 0.3) is 10.9 Å². The van der Waals surface area contributed by atoms with E-state index in [0.29, 0.717) is 41.5 Å². The van der Waals surface area contributed by atoms with E-state index in [2.05, 4.69) is 15.5 Å². The molecule has 4 rings (SSSR count). The number of carbonyl (C=O) groups is 1. The summed E-state index contributed by atoms with van der Waals surface area (Å²) in [6, 6.07) is 20.8. The monoisotopic (exact) mass is 475 g/mol. The number of ether oxygens (including phenoxy) is 3. The first-order valence-electron chi connectivity index (χ1n) is 10.7. The Bertz CT molecular complexity index is 1270. The zero-order chi connectivity index (χ0) is 23.8. The zero-order valence-corrected chi connectivity index (χ0v) is 19.8. The fourth-order valence-corrected chi connectivity index (χ4v) is 4.30. The van der Waals surface area contributed by atoms with Gasteiger partial charge in [-0.1, -0.05) is 30.3 Å². The maximum atomic E-state index is 12.6. The van der Waals surface area contributed by atoms with Gasteiger partial charge in [0.15, 0.2) is 11.5 Å². The first-order valence-corrected chi connectivity index (χ1v) is 11.7. The number of hydrogen-bond acceptors (Lipinski definition) is 7. The molecule has 0 atom stereocenters. The first kappa shape index (κ1) is 23.5. The van der Waals surface area contributed by atoms with E-state index in [1.165, 1.54) is 0 Å². The number of methoxy groups -OCH3 is 2. The molecule has 4 aromatic rings. The largest absolute Gasteiger partial charge is 0.493 e. The minimum absolute atomic E-state index is 0.139. The van der Waals surface area contributed by atoms with Crippen LogP contribution in [-0.2, 0) is 10.5 Å². The van der Waals surface area contributed by atoms with Crippen molar-refractivity contribution in [3.63, 3.8) is 0 Å². The van der Waals surface area contributed by atoms with Gasteiger partial charge in [0.1, 0.15) is 6.61 Å². The molecule has 0 aliphatic heterocycles. The average molecular weight is 476 g/mol. The predicted molar refractivity (Wildman–Crippen MR) is 134 cm³/mol. The highest BCUT2D eigenvalue weighted by atomic mass is 32.2. The number of anilines is 1. The smallest absolute Gasteiger partial charge is 0.255 e. The number of nitrogens with zero attached hydrogens (tertiary/aromatic N) is 2. The fourth-order valence-electron chi connectivity index (χ4n) is 3.35. The van der Waals surface area contributed by atoms with Gasteiger partial charge in [0, 0.05) is 40.5 Å². The minimum Gasteiger partial charge on any atom is -0.493 e. The predicted octanol–water partition coefficient (Wildman–Crippen LogP) is 5.21. The van der Waals surface area contributed by atoms with Crippen molar-refractivity contribution in [1.29, 1.82) is 0 Å². The van der Waals surface area contributed by atoms with Gasteiger partial charge in [-0.25, -0.2) is 0 Å². The van der Waals surface area contributed by atoms with Crippen molar-refractivity contribution in [2.45, 2.75) is 10.6 Å². The van der Waals surface area contributed by atoms with Crippen LogP contribution < -0.4 is 14.8 Å². The highest BCUT2D eigenvalue weighted by Crippen LogP contribution is 2.36. The number of aromatic nitrogens is 2. The molecule has 34 heavy (non-hydrogen) atoms. The van der Waals surface area contributed by atoms with Crippen LogP contribution in [0.3, 0.4) is 0 Å². The number of carbonyl (C=O) groups excluding carboxylic acids is 1. The van der Waals surface area contributed by atoms with Gasteiger partial charge in [-0.15, -0.1) is 11.8 Å². The Morgan fingerprint density at radius 1 is 0.971 bits per heavy atom. The van der Waals surface area contributed by atoms with Crippen LogP contribution in [0.5, 0.6) is 11.5 Å². The van der Waals surface area contributed by atoms with E-state index in [0.717, 1.165) is 21.5 Å². The van der Waals surface area contributed by atoms with Gasteiger partial charge < -0.3 is 19.5 Å². The standard InChI is InChI=1S/C26H25N3O4S/c1-31-11-12-33-24-15-22-21(14-23(24)32-2)25(16-27-29-22)34-17-18-7-6-8-19(13-18)26(30)28-20-9-4-3-5-10-20/h3-10,13-16H,11-12,17H2,1-2H3,(H,28,30). The van der Waals surface area contributed by atoms with Gasteiger partial charge in [0.25, 0.3) is 5.91 Å². The highest BCUT2D eigenvalue weighted by molar-refractivity contribution is 7.98. The van der Waals surface area contributed by atoms with Gasteiger partial charge in [-0.2, -0.15) is 10.2 Å². The van der Waals surface area contributed by atoms with Crippen LogP contribution in [0, 0.1) is 0 Å². The first-order chi connectivity index (χ1) is 16.7. The van der Waals surface area contributed by atoms with E-state index < -0.39 is 0 Å². The third-order valence-corrected chi connectivity index (χ3v) is 6.16.